The molecule has 15 heavy (non-hydrogen) atoms. The van der Waals surface area contributed by atoms with E-state index in [1.807, 2.05) is 12.3 Å². The molecule has 2 aliphatic rings. The van der Waals surface area contributed by atoms with Crippen molar-refractivity contribution < 1.29 is 4.79 Å². The number of hydrogen-bond donors (Lipinski definition) is 1. The van der Waals surface area contributed by atoms with Crippen LogP contribution in [0.15, 0.2) is 5.38 Å². The van der Waals surface area contributed by atoms with E-state index in [1.165, 1.54) is 17.8 Å². The van der Waals surface area contributed by atoms with Gasteiger partial charge in [-0.15, -0.1) is 11.3 Å². The molecule has 0 spiro atoms. The lowest BCUT2D eigenvalue weighted by atomic mass is 10.0. The van der Waals surface area contributed by atoms with E-state index < -0.39 is 0 Å². The summed E-state index contributed by atoms with van der Waals surface area (Å²) < 4.78 is 0. The van der Waals surface area contributed by atoms with Crippen molar-refractivity contribution in [2.75, 3.05) is 5.32 Å². The van der Waals surface area contributed by atoms with E-state index in [9.17, 15) is 4.79 Å². The van der Waals surface area contributed by atoms with Gasteiger partial charge in [0.2, 0.25) is 5.91 Å². The number of carbonyl (C=O) groups excluding carboxylic acids is 1. The van der Waals surface area contributed by atoms with Crippen molar-refractivity contribution in [2.24, 2.45) is 17.8 Å². The maximum Gasteiger partial charge on any atom is 0.229 e. The number of thiazole rings is 1. The number of hydrogen-bond acceptors (Lipinski definition) is 3. The van der Waals surface area contributed by atoms with Crippen LogP contribution in [0.3, 0.4) is 0 Å². The molecule has 1 aromatic rings. The number of amides is 1. The fourth-order valence-electron chi connectivity index (χ4n) is 2.55. The largest absolute Gasteiger partial charge is 0.302 e. The molecule has 3 nitrogen and oxygen atoms in total. The number of nitrogens with one attached hydrogen (secondary N) is 1. The number of aryl methyl sites for hydroxylation is 1. The number of carbonyl (C=O) groups is 1. The van der Waals surface area contributed by atoms with Crippen LogP contribution in [0.25, 0.3) is 0 Å². The first-order valence-electron chi connectivity index (χ1n) is 5.45. The zero-order valence-corrected chi connectivity index (χ0v) is 9.51. The van der Waals surface area contributed by atoms with Crippen molar-refractivity contribution in [3.63, 3.8) is 0 Å². The Morgan fingerprint density at radius 1 is 1.47 bits per heavy atom. The molecular formula is C11H14N2OS. The molecule has 1 N–H and O–H groups in total. The number of nitrogens with zero attached hydrogens (tertiary/aromatic N) is 1. The van der Waals surface area contributed by atoms with Crippen LogP contribution in [0.5, 0.6) is 0 Å². The molecule has 2 saturated carbocycles. The van der Waals surface area contributed by atoms with Crippen LogP contribution in [0.4, 0.5) is 5.13 Å². The van der Waals surface area contributed by atoms with Gasteiger partial charge in [-0.05, 0) is 38.0 Å². The lowest BCUT2D eigenvalue weighted by molar-refractivity contribution is -0.120. The van der Waals surface area contributed by atoms with Gasteiger partial charge in [-0.2, -0.15) is 0 Å². The van der Waals surface area contributed by atoms with Gasteiger partial charge in [-0.3, -0.25) is 4.79 Å². The molecule has 80 valence electrons. The summed E-state index contributed by atoms with van der Waals surface area (Å²) in [6.07, 6.45) is 3.56. The highest BCUT2D eigenvalue weighted by Crippen LogP contribution is 2.54. The van der Waals surface area contributed by atoms with E-state index in [4.69, 9.17) is 0 Å². The van der Waals surface area contributed by atoms with Gasteiger partial charge in [0.25, 0.3) is 0 Å². The molecule has 1 heterocycles. The van der Waals surface area contributed by atoms with E-state index in [2.05, 4.69) is 10.3 Å². The molecule has 2 aliphatic carbocycles. The molecule has 0 saturated heterocycles. The summed E-state index contributed by atoms with van der Waals surface area (Å²) in [4.78, 5) is 16.1. The number of anilines is 1. The van der Waals surface area contributed by atoms with Gasteiger partial charge >= 0.3 is 0 Å². The summed E-state index contributed by atoms with van der Waals surface area (Å²) in [6, 6.07) is 0. The van der Waals surface area contributed by atoms with Crippen LogP contribution < -0.4 is 5.32 Å². The van der Waals surface area contributed by atoms with Crippen LogP contribution in [0, 0.1) is 24.7 Å². The second kappa shape index (κ2) is 3.30. The third-order valence-electron chi connectivity index (χ3n) is 3.46. The summed E-state index contributed by atoms with van der Waals surface area (Å²) in [6.45, 7) is 1.94. The molecule has 0 aromatic carbocycles. The van der Waals surface area contributed by atoms with Crippen molar-refractivity contribution in [2.45, 2.75) is 26.2 Å². The molecule has 2 unspecified atom stereocenters. The van der Waals surface area contributed by atoms with Crippen molar-refractivity contribution in [3.8, 4) is 0 Å². The predicted octanol–water partition coefficient (Wildman–Crippen LogP) is 2.44. The number of fused-ring (bicyclic) bond motifs is 1. The average molecular weight is 222 g/mol. The Bertz CT molecular complexity index is 391. The van der Waals surface area contributed by atoms with Gasteiger partial charge < -0.3 is 5.32 Å². The predicted molar refractivity (Wildman–Crippen MR) is 59.8 cm³/mol. The molecule has 1 amide bonds. The van der Waals surface area contributed by atoms with E-state index in [-0.39, 0.29) is 11.8 Å². The zero-order valence-electron chi connectivity index (χ0n) is 8.69. The van der Waals surface area contributed by atoms with Gasteiger partial charge in [0, 0.05) is 11.3 Å². The second-order valence-electron chi connectivity index (χ2n) is 4.71. The first-order chi connectivity index (χ1) is 7.22. The minimum atomic E-state index is 0.177. The van der Waals surface area contributed by atoms with Crippen LogP contribution in [-0.4, -0.2) is 10.9 Å². The van der Waals surface area contributed by atoms with E-state index in [0.717, 1.165) is 35.5 Å². The first kappa shape index (κ1) is 9.33. The van der Waals surface area contributed by atoms with E-state index in [0.29, 0.717) is 0 Å². The average Bonchev–Trinajstić information content (AvgIpc) is 2.61. The molecular weight excluding hydrogens is 208 g/mol. The highest BCUT2D eigenvalue weighted by atomic mass is 32.1. The molecule has 2 fully saturated rings. The molecule has 0 radical (unpaired) electrons. The van der Waals surface area contributed by atoms with Crippen molar-refractivity contribution in [3.05, 3.63) is 11.1 Å². The lowest BCUT2D eigenvalue weighted by Gasteiger charge is -2.09. The van der Waals surface area contributed by atoms with Crippen LogP contribution >= 0.6 is 11.3 Å². The van der Waals surface area contributed by atoms with Crippen LogP contribution in [0.2, 0.25) is 0 Å². The quantitative estimate of drug-likeness (QED) is 0.835. The summed E-state index contributed by atoms with van der Waals surface area (Å²) in [5.41, 5.74) is 0.976. The van der Waals surface area contributed by atoms with Gasteiger partial charge in [0.1, 0.15) is 0 Å². The third-order valence-corrected chi connectivity index (χ3v) is 4.34. The smallest absolute Gasteiger partial charge is 0.229 e. The fourth-order valence-corrected chi connectivity index (χ4v) is 3.24. The van der Waals surface area contributed by atoms with Crippen molar-refractivity contribution >= 4 is 22.4 Å². The molecule has 1 aromatic heterocycles. The molecule has 4 heteroatoms. The maximum atomic E-state index is 11.8. The minimum absolute atomic E-state index is 0.177. The highest BCUT2D eigenvalue weighted by Gasteiger charge is 2.48. The first-order valence-corrected chi connectivity index (χ1v) is 6.33. The Morgan fingerprint density at radius 3 is 2.80 bits per heavy atom. The highest BCUT2D eigenvalue weighted by molar-refractivity contribution is 7.13. The van der Waals surface area contributed by atoms with Gasteiger partial charge in [-0.1, -0.05) is 0 Å². The topological polar surface area (TPSA) is 42.0 Å². The molecule has 0 aliphatic heterocycles. The van der Waals surface area contributed by atoms with Crippen LogP contribution in [0.1, 0.15) is 25.0 Å². The van der Waals surface area contributed by atoms with Gasteiger partial charge in [0.05, 0.1) is 5.69 Å². The van der Waals surface area contributed by atoms with Gasteiger partial charge in [0.15, 0.2) is 5.13 Å². The van der Waals surface area contributed by atoms with Crippen molar-refractivity contribution in [1.82, 2.24) is 4.98 Å². The van der Waals surface area contributed by atoms with E-state index >= 15 is 0 Å². The molecule has 0 bridgehead atoms. The number of aromatic nitrogens is 1. The lowest BCUT2D eigenvalue weighted by Crippen LogP contribution is -2.21. The summed E-state index contributed by atoms with van der Waals surface area (Å²) in [5.74, 6) is 2.15. The van der Waals surface area contributed by atoms with Gasteiger partial charge in [-0.25, -0.2) is 4.98 Å². The second-order valence-corrected chi connectivity index (χ2v) is 5.57. The Hall–Kier alpha value is -0.900. The molecule has 3 rings (SSSR count). The standard InChI is InChI=1S/C11H14N2OS/c1-6-5-15-11(12-6)13-10(14)9-3-7-2-8(7)4-9/h5,7-9H,2-4H2,1H3,(H,12,13,14). The SMILES string of the molecule is Cc1csc(NC(=O)C2CC3CC3C2)n1. The van der Waals surface area contributed by atoms with Crippen molar-refractivity contribution in [1.29, 1.82) is 0 Å². The monoisotopic (exact) mass is 222 g/mol. The Morgan fingerprint density at radius 2 is 2.20 bits per heavy atom. The minimum Gasteiger partial charge on any atom is -0.302 e. The summed E-state index contributed by atoms with van der Waals surface area (Å²) >= 11 is 1.51. The normalized spacial score (nSPS) is 32.5. The zero-order chi connectivity index (χ0) is 10.4. The number of rotatable bonds is 2. The Balaban J connectivity index is 1.61. The van der Waals surface area contributed by atoms with E-state index in [1.54, 1.807) is 0 Å². The summed E-state index contributed by atoms with van der Waals surface area (Å²) in [5, 5.41) is 5.62. The Labute approximate surface area is 92.9 Å². The Kier molecular flexibility index (Phi) is 2.06. The molecule has 2 atom stereocenters. The summed E-state index contributed by atoms with van der Waals surface area (Å²) in [7, 11) is 0. The maximum absolute atomic E-state index is 11.8. The fraction of sp³-hybridized carbons (Fsp3) is 0.636. The van der Waals surface area contributed by atoms with Crippen LogP contribution in [-0.2, 0) is 4.79 Å². The third kappa shape index (κ3) is 1.78.